The first-order valence-corrected chi connectivity index (χ1v) is 5.52. The van der Waals surface area contributed by atoms with Gasteiger partial charge in [0.1, 0.15) is 16.4 Å². The average molecular weight is 255 g/mol. The summed E-state index contributed by atoms with van der Waals surface area (Å²) in [6.45, 7) is 0. The van der Waals surface area contributed by atoms with Crippen molar-refractivity contribution in [1.82, 2.24) is 0 Å². The number of benzene rings is 1. The van der Waals surface area contributed by atoms with E-state index in [1.165, 1.54) is 20.3 Å². The molecule has 0 N–H and O–H groups in total. The van der Waals surface area contributed by atoms with E-state index >= 15 is 0 Å². The quantitative estimate of drug-likeness (QED) is 0.775. The third kappa shape index (κ3) is 2.51. The Hall–Kier alpha value is -1.01. The molecular formula is C8H8ClFO4S. The van der Waals surface area contributed by atoms with Crippen LogP contribution in [0.3, 0.4) is 0 Å². The molecule has 1 aromatic rings. The maximum absolute atomic E-state index is 12.8. The van der Waals surface area contributed by atoms with Crippen LogP contribution in [-0.4, -0.2) is 22.6 Å². The number of hydrogen-bond acceptors (Lipinski definition) is 4. The number of halogens is 2. The van der Waals surface area contributed by atoms with Gasteiger partial charge in [0.25, 0.3) is 0 Å². The van der Waals surface area contributed by atoms with Crippen LogP contribution in [0.1, 0.15) is 0 Å². The summed E-state index contributed by atoms with van der Waals surface area (Å²) in [5, 5.41) is 0.141. The zero-order chi connectivity index (χ0) is 11.6. The Morgan fingerprint density at radius 1 is 1.20 bits per heavy atom. The van der Waals surface area contributed by atoms with Gasteiger partial charge in [0.15, 0.2) is 0 Å². The van der Waals surface area contributed by atoms with Crippen LogP contribution < -0.4 is 9.47 Å². The SMILES string of the molecule is COc1cc(S(=O)(=O)F)c(OC)cc1Cl. The fraction of sp³-hybridized carbons (Fsp3) is 0.250. The van der Waals surface area contributed by atoms with Crippen LogP contribution >= 0.6 is 11.6 Å². The topological polar surface area (TPSA) is 52.6 Å². The van der Waals surface area contributed by atoms with Gasteiger partial charge >= 0.3 is 10.2 Å². The van der Waals surface area contributed by atoms with Crippen LogP contribution in [0.2, 0.25) is 5.02 Å². The molecule has 0 heterocycles. The van der Waals surface area contributed by atoms with E-state index in [-0.39, 0.29) is 16.5 Å². The number of hydrogen-bond donors (Lipinski definition) is 0. The van der Waals surface area contributed by atoms with Crippen LogP contribution in [-0.2, 0) is 10.2 Å². The van der Waals surface area contributed by atoms with Crippen molar-refractivity contribution in [3.63, 3.8) is 0 Å². The molecular weight excluding hydrogens is 247 g/mol. The fourth-order valence-electron chi connectivity index (χ4n) is 1.02. The normalized spacial score (nSPS) is 11.2. The summed E-state index contributed by atoms with van der Waals surface area (Å²) in [4.78, 5) is -0.605. The van der Waals surface area contributed by atoms with Gasteiger partial charge in [-0.3, -0.25) is 0 Å². The highest BCUT2D eigenvalue weighted by Crippen LogP contribution is 2.35. The largest absolute Gasteiger partial charge is 0.495 e. The number of methoxy groups -OCH3 is 2. The van der Waals surface area contributed by atoms with Gasteiger partial charge < -0.3 is 9.47 Å². The van der Waals surface area contributed by atoms with Gasteiger partial charge in [0.2, 0.25) is 0 Å². The first-order chi connectivity index (χ1) is 6.90. The Labute approximate surface area is 91.8 Å². The molecule has 0 fully saturated rings. The molecule has 0 spiro atoms. The lowest BCUT2D eigenvalue weighted by molar-refractivity contribution is 0.391. The highest BCUT2D eigenvalue weighted by molar-refractivity contribution is 7.86. The summed E-state index contributed by atoms with van der Waals surface area (Å²) in [6, 6.07) is 2.14. The molecule has 0 unspecified atom stereocenters. The molecule has 7 heteroatoms. The standard InChI is InChI=1S/C8H8ClFO4S/c1-13-6-4-8(15(10,11)12)7(14-2)3-5(6)9/h3-4H,1-2H3. The van der Waals surface area contributed by atoms with Crippen molar-refractivity contribution >= 4 is 21.8 Å². The molecule has 0 atom stereocenters. The first kappa shape index (κ1) is 12.1. The molecule has 0 aliphatic rings. The zero-order valence-corrected chi connectivity index (χ0v) is 9.52. The maximum Gasteiger partial charge on any atom is 0.335 e. The Morgan fingerprint density at radius 3 is 2.13 bits per heavy atom. The van der Waals surface area contributed by atoms with E-state index in [1.807, 2.05) is 0 Å². The summed E-state index contributed by atoms with van der Waals surface area (Å²) >= 11 is 5.71. The number of rotatable bonds is 3. The van der Waals surface area contributed by atoms with Crippen molar-refractivity contribution in [3.8, 4) is 11.5 Å². The van der Waals surface area contributed by atoms with Crippen LogP contribution in [0, 0.1) is 0 Å². The predicted molar refractivity (Wildman–Crippen MR) is 52.8 cm³/mol. The van der Waals surface area contributed by atoms with E-state index in [9.17, 15) is 12.3 Å². The Morgan fingerprint density at radius 2 is 1.73 bits per heavy atom. The van der Waals surface area contributed by atoms with Crippen molar-refractivity contribution in [2.75, 3.05) is 14.2 Å². The van der Waals surface area contributed by atoms with E-state index in [1.54, 1.807) is 0 Å². The monoisotopic (exact) mass is 254 g/mol. The highest BCUT2D eigenvalue weighted by atomic mass is 35.5. The van der Waals surface area contributed by atoms with Gasteiger partial charge in [0, 0.05) is 12.1 Å². The zero-order valence-electron chi connectivity index (χ0n) is 7.95. The van der Waals surface area contributed by atoms with E-state index in [0.717, 1.165) is 6.07 Å². The summed E-state index contributed by atoms with van der Waals surface area (Å²) in [5.41, 5.74) is 0. The van der Waals surface area contributed by atoms with E-state index in [2.05, 4.69) is 0 Å². The molecule has 0 bridgehead atoms. The molecule has 1 aromatic carbocycles. The Balaban J connectivity index is 3.49. The second-order valence-electron chi connectivity index (χ2n) is 2.58. The third-order valence-corrected chi connectivity index (χ3v) is 2.84. The van der Waals surface area contributed by atoms with Gasteiger partial charge in [-0.2, -0.15) is 8.42 Å². The smallest absolute Gasteiger partial charge is 0.335 e. The van der Waals surface area contributed by atoms with Crippen molar-refractivity contribution in [1.29, 1.82) is 0 Å². The molecule has 0 aromatic heterocycles. The summed E-state index contributed by atoms with van der Waals surface area (Å²) < 4.78 is 43.8. The molecule has 84 valence electrons. The average Bonchev–Trinajstić information content (AvgIpc) is 2.15. The minimum absolute atomic E-state index is 0.0636. The summed E-state index contributed by atoms with van der Waals surface area (Å²) in [7, 11) is -2.35. The lowest BCUT2D eigenvalue weighted by Crippen LogP contribution is -1.98. The molecule has 0 saturated heterocycles. The van der Waals surface area contributed by atoms with E-state index in [0.29, 0.717) is 0 Å². The predicted octanol–water partition coefficient (Wildman–Crippen LogP) is 2.02. The van der Waals surface area contributed by atoms with Crippen molar-refractivity contribution < 1.29 is 21.8 Å². The second-order valence-corrected chi connectivity index (χ2v) is 4.30. The number of ether oxygens (including phenoxy) is 2. The van der Waals surface area contributed by atoms with Crippen LogP contribution in [0.4, 0.5) is 3.89 Å². The van der Waals surface area contributed by atoms with Gasteiger partial charge in [-0.25, -0.2) is 0 Å². The van der Waals surface area contributed by atoms with Crippen LogP contribution in [0.15, 0.2) is 17.0 Å². The van der Waals surface area contributed by atoms with Crippen LogP contribution in [0.5, 0.6) is 11.5 Å². The third-order valence-electron chi connectivity index (χ3n) is 1.70. The second kappa shape index (κ2) is 4.24. The van der Waals surface area contributed by atoms with Crippen LogP contribution in [0.25, 0.3) is 0 Å². The molecule has 0 radical (unpaired) electrons. The lowest BCUT2D eigenvalue weighted by atomic mass is 10.3. The Bertz CT molecular complexity index is 472. The molecule has 1 rings (SSSR count). The van der Waals surface area contributed by atoms with Gasteiger partial charge in [-0.05, 0) is 0 Å². The highest BCUT2D eigenvalue weighted by Gasteiger charge is 2.21. The summed E-state index contributed by atoms with van der Waals surface area (Å²) in [6.07, 6.45) is 0. The van der Waals surface area contributed by atoms with Gasteiger partial charge in [-0.1, -0.05) is 11.6 Å². The molecule has 4 nitrogen and oxygen atoms in total. The molecule has 15 heavy (non-hydrogen) atoms. The first-order valence-electron chi connectivity index (χ1n) is 3.76. The van der Waals surface area contributed by atoms with Crippen molar-refractivity contribution in [3.05, 3.63) is 17.2 Å². The minimum atomic E-state index is -4.86. The van der Waals surface area contributed by atoms with E-state index < -0.39 is 15.1 Å². The molecule has 0 aliphatic carbocycles. The Kier molecular flexibility index (Phi) is 3.41. The fourth-order valence-corrected chi connectivity index (χ4v) is 1.88. The van der Waals surface area contributed by atoms with Gasteiger partial charge in [0.05, 0.1) is 19.2 Å². The molecule has 0 saturated carbocycles. The van der Waals surface area contributed by atoms with Gasteiger partial charge in [-0.15, -0.1) is 3.89 Å². The maximum atomic E-state index is 12.8. The molecule has 0 aliphatic heterocycles. The minimum Gasteiger partial charge on any atom is -0.495 e. The van der Waals surface area contributed by atoms with E-state index in [4.69, 9.17) is 21.1 Å². The molecule has 0 amide bonds. The van der Waals surface area contributed by atoms with Crippen molar-refractivity contribution in [2.24, 2.45) is 0 Å². The lowest BCUT2D eigenvalue weighted by Gasteiger charge is -2.08. The summed E-state index contributed by atoms with van der Waals surface area (Å²) in [5.74, 6) is -0.100. The van der Waals surface area contributed by atoms with Crippen molar-refractivity contribution in [2.45, 2.75) is 4.90 Å².